The lowest BCUT2D eigenvalue weighted by atomic mass is 10.0. The maximum Gasteiger partial charge on any atom is 0.121 e. The lowest BCUT2D eigenvalue weighted by Gasteiger charge is -2.34. The Balaban J connectivity index is 1.87. The summed E-state index contributed by atoms with van der Waals surface area (Å²) in [6, 6.07) is 16.1. The van der Waals surface area contributed by atoms with Crippen LogP contribution in [0.1, 0.15) is 43.7 Å². The topological polar surface area (TPSA) is 103 Å². The molecular formula is C27H39NO6. The van der Waals surface area contributed by atoms with Crippen molar-refractivity contribution in [2.24, 2.45) is 0 Å². The fraction of sp³-hybridized carbons (Fsp3) is 0.556. The van der Waals surface area contributed by atoms with Gasteiger partial charge in [-0.1, -0.05) is 43.7 Å². The maximum atomic E-state index is 11.0. The highest BCUT2D eigenvalue weighted by Gasteiger charge is 2.33. The summed E-state index contributed by atoms with van der Waals surface area (Å²) < 4.78 is 11.7. The molecular weight excluding hydrogens is 434 g/mol. The number of ether oxygens (including phenoxy) is 2. The number of aryl methyl sites for hydroxylation is 1. The molecule has 188 valence electrons. The average Bonchev–Trinajstić information content (AvgIpc) is 2.86. The van der Waals surface area contributed by atoms with Crippen molar-refractivity contribution in [2.75, 3.05) is 31.3 Å². The monoisotopic (exact) mass is 473 g/mol. The number of hydrogen-bond donors (Lipinski definition) is 4. The lowest BCUT2D eigenvalue weighted by Crippen LogP contribution is -2.51. The van der Waals surface area contributed by atoms with Crippen LogP contribution in [0.3, 0.4) is 0 Å². The van der Waals surface area contributed by atoms with Gasteiger partial charge in [0, 0.05) is 31.5 Å². The van der Waals surface area contributed by atoms with Crippen LogP contribution in [0.15, 0.2) is 48.5 Å². The summed E-state index contributed by atoms with van der Waals surface area (Å²) in [6.07, 6.45) is -0.394. The molecule has 0 aliphatic carbocycles. The molecule has 7 heteroatoms. The average molecular weight is 474 g/mol. The molecule has 1 heterocycles. The first-order valence-electron chi connectivity index (χ1n) is 12.3. The number of aliphatic hydroxyl groups is 4. The first-order valence-corrected chi connectivity index (χ1v) is 12.3. The minimum atomic E-state index is -1.36. The molecule has 2 aromatic carbocycles. The SMILES string of the molecule is CCc1ccc(CN2C[C@@H](O)[C@@H](O)[C@@H]([C@H](O)CO)OCCCCCCOc3cccc2c3)cc1. The van der Waals surface area contributed by atoms with Crippen LogP contribution in [0, 0.1) is 0 Å². The number of fused-ring (bicyclic) bond motifs is 2. The number of anilines is 1. The number of β-amino-alcohol motifs (C(OH)–C–C–N with tert-alkyl or cyclic N) is 1. The number of rotatable bonds is 5. The molecule has 4 atom stereocenters. The molecule has 0 aromatic heterocycles. The van der Waals surface area contributed by atoms with Crippen molar-refractivity contribution in [1.82, 2.24) is 0 Å². The van der Waals surface area contributed by atoms with Crippen molar-refractivity contribution < 1.29 is 29.9 Å². The largest absolute Gasteiger partial charge is 0.494 e. The van der Waals surface area contributed by atoms with Gasteiger partial charge in [0.2, 0.25) is 0 Å². The van der Waals surface area contributed by atoms with Crippen LogP contribution >= 0.6 is 0 Å². The first kappa shape index (κ1) is 26.4. The van der Waals surface area contributed by atoms with E-state index in [0.717, 1.165) is 49.1 Å². The van der Waals surface area contributed by atoms with Gasteiger partial charge in [-0.25, -0.2) is 0 Å². The number of benzene rings is 2. The van der Waals surface area contributed by atoms with Gasteiger partial charge in [0.15, 0.2) is 0 Å². The van der Waals surface area contributed by atoms with E-state index in [4.69, 9.17) is 9.47 Å². The standard InChI is InChI=1S/C27H39NO6/c1-2-20-10-12-21(13-11-20)17-28-18-24(30)26(32)27(25(31)19-29)34-15-6-4-3-5-14-33-23-9-7-8-22(28)16-23/h7-13,16,24-27,29-32H,2-6,14-15,17-19H2,1H3/t24-,25-,26-,27-/m1/s1. The van der Waals surface area contributed by atoms with Gasteiger partial charge >= 0.3 is 0 Å². The fourth-order valence-electron chi connectivity index (χ4n) is 4.19. The molecule has 0 spiro atoms. The fourth-order valence-corrected chi connectivity index (χ4v) is 4.19. The molecule has 1 aliphatic heterocycles. The summed E-state index contributed by atoms with van der Waals surface area (Å²) in [5.41, 5.74) is 3.18. The van der Waals surface area contributed by atoms with Gasteiger partial charge in [-0.05, 0) is 48.9 Å². The maximum absolute atomic E-state index is 11.0. The van der Waals surface area contributed by atoms with Crippen LogP contribution < -0.4 is 9.64 Å². The number of aliphatic hydroxyl groups excluding tert-OH is 4. The van der Waals surface area contributed by atoms with E-state index in [9.17, 15) is 20.4 Å². The molecule has 7 nitrogen and oxygen atoms in total. The van der Waals surface area contributed by atoms with E-state index < -0.39 is 31.0 Å². The third-order valence-corrected chi connectivity index (χ3v) is 6.31. The quantitative estimate of drug-likeness (QED) is 0.530. The van der Waals surface area contributed by atoms with Crippen molar-refractivity contribution in [1.29, 1.82) is 0 Å². The molecule has 0 saturated carbocycles. The third kappa shape index (κ3) is 7.68. The molecule has 2 bridgehead atoms. The van der Waals surface area contributed by atoms with Crippen molar-refractivity contribution in [3.8, 4) is 5.75 Å². The van der Waals surface area contributed by atoms with Crippen LogP contribution in [0.5, 0.6) is 5.75 Å². The Morgan fingerprint density at radius 1 is 0.971 bits per heavy atom. The number of hydrogen-bond acceptors (Lipinski definition) is 7. The van der Waals surface area contributed by atoms with Crippen LogP contribution in [0.2, 0.25) is 0 Å². The molecule has 34 heavy (non-hydrogen) atoms. The van der Waals surface area contributed by atoms with Gasteiger partial charge in [0.1, 0.15) is 24.1 Å². The van der Waals surface area contributed by atoms with E-state index >= 15 is 0 Å². The highest BCUT2D eigenvalue weighted by Crippen LogP contribution is 2.25. The van der Waals surface area contributed by atoms with Gasteiger partial charge in [-0.2, -0.15) is 0 Å². The lowest BCUT2D eigenvalue weighted by molar-refractivity contribution is -0.141. The first-order chi connectivity index (χ1) is 16.5. The highest BCUT2D eigenvalue weighted by molar-refractivity contribution is 5.51. The van der Waals surface area contributed by atoms with Gasteiger partial charge in [-0.3, -0.25) is 0 Å². The molecule has 0 unspecified atom stereocenters. The second-order valence-corrected chi connectivity index (χ2v) is 8.95. The van der Waals surface area contributed by atoms with Crippen molar-refractivity contribution in [3.05, 3.63) is 59.7 Å². The van der Waals surface area contributed by atoms with Crippen molar-refractivity contribution in [3.63, 3.8) is 0 Å². The van der Waals surface area contributed by atoms with E-state index in [1.807, 2.05) is 29.2 Å². The molecule has 1 aliphatic rings. The molecule has 4 N–H and O–H groups in total. The molecule has 0 fully saturated rings. The zero-order valence-electron chi connectivity index (χ0n) is 20.1. The zero-order chi connectivity index (χ0) is 24.3. The van der Waals surface area contributed by atoms with E-state index in [2.05, 4.69) is 31.2 Å². The Hall–Kier alpha value is -2.16. The van der Waals surface area contributed by atoms with Crippen LogP contribution in [-0.4, -0.2) is 71.2 Å². The second kappa shape index (κ2) is 13.7. The van der Waals surface area contributed by atoms with Gasteiger partial charge in [-0.15, -0.1) is 0 Å². The van der Waals surface area contributed by atoms with E-state index in [1.165, 1.54) is 5.56 Å². The molecule has 2 aromatic rings. The van der Waals surface area contributed by atoms with Crippen LogP contribution in [-0.2, 0) is 17.7 Å². The minimum absolute atomic E-state index is 0.109. The molecule has 0 radical (unpaired) electrons. The zero-order valence-corrected chi connectivity index (χ0v) is 20.1. The predicted molar refractivity (Wildman–Crippen MR) is 132 cm³/mol. The Morgan fingerprint density at radius 3 is 2.38 bits per heavy atom. The smallest absolute Gasteiger partial charge is 0.121 e. The van der Waals surface area contributed by atoms with E-state index in [1.54, 1.807) is 0 Å². The van der Waals surface area contributed by atoms with Crippen LogP contribution in [0.4, 0.5) is 5.69 Å². The molecule has 0 amide bonds. The summed E-state index contributed by atoms with van der Waals surface area (Å²) >= 11 is 0. The van der Waals surface area contributed by atoms with Gasteiger partial charge < -0.3 is 34.8 Å². The summed E-state index contributed by atoms with van der Waals surface area (Å²) in [7, 11) is 0. The molecule has 3 rings (SSSR count). The van der Waals surface area contributed by atoms with Crippen LogP contribution in [0.25, 0.3) is 0 Å². The summed E-state index contributed by atoms with van der Waals surface area (Å²) in [5.74, 6) is 0.767. The second-order valence-electron chi connectivity index (χ2n) is 8.95. The van der Waals surface area contributed by atoms with Gasteiger partial charge in [0.05, 0.1) is 19.3 Å². The minimum Gasteiger partial charge on any atom is -0.494 e. The third-order valence-electron chi connectivity index (χ3n) is 6.31. The summed E-state index contributed by atoms with van der Waals surface area (Å²) in [6.45, 7) is 3.14. The predicted octanol–water partition coefficient (Wildman–Crippen LogP) is 2.67. The van der Waals surface area contributed by atoms with Gasteiger partial charge in [0.25, 0.3) is 0 Å². The Labute approximate surface area is 202 Å². The normalized spacial score (nSPS) is 23.8. The highest BCUT2D eigenvalue weighted by atomic mass is 16.5. The Morgan fingerprint density at radius 2 is 1.68 bits per heavy atom. The van der Waals surface area contributed by atoms with Crippen molar-refractivity contribution in [2.45, 2.75) is 70.0 Å². The Bertz CT molecular complexity index is 845. The summed E-state index contributed by atoms with van der Waals surface area (Å²) in [5, 5.41) is 41.6. The van der Waals surface area contributed by atoms with E-state index in [0.29, 0.717) is 19.8 Å². The van der Waals surface area contributed by atoms with Crippen molar-refractivity contribution >= 4 is 5.69 Å². The van der Waals surface area contributed by atoms with E-state index in [-0.39, 0.29) is 6.54 Å². The summed E-state index contributed by atoms with van der Waals surface area (Å²) in [4.78, 5) is 1.98. The molecule has 0 saturated heterocycles. The Kier molecular flexibility index (Phi) is 10.6. The number of nitrogens with zero attached hydrogens (tertiary/aromatic N) is 1.